The first-order valence-electron chi connectivity index (χ1n) is 7.21. The van der Waals surface area contributed by atoms with Crippen molar-refractivity contribution in [3.8, 4) is 0 Å². The number of fused-ring (bicyclic) bond motifs is 1. The average Bonchev–Trinajstić information content (AvgIpc) is 2.51. The molecule has 0 aliphatic carbocycles. The van der Waals surface area contributed by atoms with Gasteiger partial charge in [0.2, 0.25) is 5.91 Å². The topological polar surface area (TPSA) is 79.5 Å². The molecule has 1 aromatic rings. The van der Waals surface area contributed by atoms with E-state index in [2.05, 4.69) is 16.0 Å². The largest absolute Gasteiger partial charge is 0.383 e. The van der Waals surface area contributed by atoms with E-state index in [4.69, 9.17) is 4.74 Å². The number of anilines is 1. The highest BCUT2D eigenvalue weighted by atomic mass is 32.2. The Bertz CT molecular complexity index is 551. The van der Waals surface area contributed by atoms with Crippen LogP contribution in [0.1, 0.15) is 17.3 Å². The molecule has 22 heavy (non-hydrogen) atoms. The lowest BCUT2D eigenvalue weighted by molar-refractivity contribution is -0.115. The fourth-order valence-electron chi connectivity index (χ4n) is 2.02. The standard InChI is InChI=1S/C15H21N3O3S/c1-10-14(19)18-12-9-11(3-4-13(12)22-10)15(20)17-6-5-16-7-8-21-2/h3-4,9-10,16H,5-8H2,1-2H3,(H,17,20)(H,18,19). The van der Waals surface area contributed by atoms with E-state index in [1.165, 1.54) is 11.8 Å². The first-order valence-corrected chi connectivity index (χ1v) is 8.09. The minimum absolute atomic E-state index is 0.0302. The number of hydrogen-bond acceptors (Lipinski definition) is 5. The van der Waals surface area contributed by atoms with Crippen LogP contribution in [-0.2, 0) is 9.53 Å². The lowest BCUT2D eigenvalue weighted by atomic mass is 10.1. The molecule has 0 aromatic heterocycles. The molecule has 7 heteroatoms. The van der Waals surface area contributed by atoms with Crippen LogP contribution < -0.4 is 16.0 Å². The lowest BCUT2D eigenvalue weighted by Crippen LogP contribution is -2.33. The van der Waals surface area contributed by atoms with Crippen LogP contribution in [0.2, 0.25) is 0 Å². The molecule has 1 heterocycles. The number of nitrogens with one attached hydrogen (secondary N) is 3. The Balaban J connectivity index is 1.86. The zero-order chi connectivity index (χ0) is 15.9. The van der Waals surface area contributed by atoms with Gasteiger partial charge in [0.25, 0.3) is 5.91 Å². The highest BCUT2D eigenvalue weighted by Gasteiger charge is 2.23. The zero-order valence-electron chi connectivity index (χ0n) is 12.8. The Morgan fingerprint density at radius 1 is 1.36 bits per heavy atom. The first-order chi connectivity index (χ1) is 10.6. The number of carbonyl (C=O) groups is 2. The molecule has 0 saturated heterocycles. The summed E-state index contributed by atoms with van der Waals surface area (Å²) in [4.78, 5) is 24.8. The first kappa shape index (κ1) is 16.8. The number of methoxy groups -OCH3 is 1. The molecule has 1 aliphatic rings. The molecule has 6 nitrogen and oxygen atoms in total. The van der Waals surface area contributed by atoms with Gasteiger partial charge in [0.05, 0.1) is 17.5 Å². The van der Waals surface area contributed by atoms with Gasteiger partial charge in [-0.15, -0.1) is 11.8 Å². The number of benzene rings is 1. The van der Waals surface area contributed by atoms with Crippen molar-refractivity contribution in [3.63, 3.8) is 0 Å². The van der Waals surface area contributed by atoms with Crippen LogP contribution in [0, 0.1) is 0 Å². The molecule has 0 radical (unpaired) electrons. The highest BCUT2D eigenvalue weighted by molar-refractivity contribution is 8.00. The van der Waals surface area contributed by atoms with Gasteiger partial charge < -0.3 is 20.7 Å². The summed E-state index contributed by atoms with van der Waals surface area (Å²) in [5, 5.41) is 8.72. The molecule has 2 rings (SSSR count). The fourth-order valence-corrected chi connectivity index (χ4v) is 2.95. The molecular formula is C15H21N3O3S. The zero-order valence-corrected chi connectivity index (χ0v) is 13.6. The van der Waals surface area contributed by atoms with Crippen molar-refractivity contribution in [2.75, 3.05) is 38.7 Å². The predicted molar refractivity (Wildman–Crippen MR) is 87.5 cm³/mol. The summed E-state index contributed by atoms with van der Waals surface area (Å²) < 4.78 is 4.92. The van der Waals surface area contributed by atoms with Gasteiger partial charge in [0, 0.05) is 37.2 Å². The minimum atomic E-state index is -0.144. The normalized spacial score (nSPS) is 16.8. The van der Waals surface area contributed by atoms with E-state index in [1.54, 1.807) is 19.2 Å². The SMILES string of the molecule is COCCNCCNC(=O)c1ccc2c(c1)NC(=O)C(C)S2. The van der Waals surface area contributed by atoms with Crippen LogP contribution in [-0.4, -0.2) is 50.4 Å². The third-order valence-electron chi connectivity index (χ3n) is 3.24. The van der Waals surface area contributed by atoms with Crippen molar-refractivity contribution in [2.24, 2.45) is 0 Å². The maximum absolute atomic E-state index is 12.1. The monoisotopic (exact) mass is 323 g/mol. The molecule has 0 fully saturated rings. The second-order valence-corrected chi connectivity index (χ2v) is 6.34. The van der Waals surface area contributed by atoms with Gasteiger partial charge in [-0.25, -0.2) is 0 Å². The average molecular weight is 323 g/mol. The summed E-state index contributed by atoms with van der Waals surface area (Å²) in [5.41, 5.74) is 1.25. The molecule has 3 N–H and O–H groups in total. The second kappa shape index (κ2) is 8.17. The highest BCUT2D eigenvalue weighted by Crippen LogP contribution is 2.35. The Labute approximate surface area is 134 Å². The number of amides is 2. The van der Waals surface area contributed by atoms with E-state index in [-0.39, 0.29) is 17.1 Å². The Kier molecular flexibility index (Phi) is 6.23. The molecule has 1 aliphatic heterocycles. The summed E-state index contributed by atoms with van der Waals surface area (Å²) in [6.07, 6.45) is 0. The van der Waals surface area contributed by atoms with Gasteiger partial charge in [-0.1, -0.05) is 0 Å². The summed E-state index contributed by atoms with van der Waals surface area (Å²) in [7, 11) is 1.65. The summed E-state index contributed by atoms with van der Waals surface area (Å²) in [6.45, 7) is 4.49. The van der Waals surface area contributed by atoms with Gasteiger partial charge >= 0.3 is 0 Å². The van der Waals surface area contributed by atoms with Crippen LogP contribution in [0.5, 0.6) is 0 Å². The van der Waals surface area contributed by atoms with Crippen molar-refractivity contribution in [3.05, 3.63) is 23.8 Å². The summed E-state index contributed by atoms with van der Waals surface area (Å²) >= 11 is 1.50. The van der Waals surface area contributed by atoms with Crippen LogP contribution >= 0.6 is 11.8 Å². The predicted octanol–water partition coefficient (Wildman–Crippen LogP) is 1.09. The maximum atomic E-state index is 12.1. The van der Waals surface area contributed by atoms with Crippen LogP contribution in [0.15, 0.2) is 23.1 Å². The van der Waals surface area contributed by atoms with Gasteiger partial charge in [-0.05, 0) is 25.1 Å². The van der Waals surface area contributed by atoms with Gasteiger partial charge in [0.1, 0.15) is 0 Å². The number of hydrogen-bond donors (Lipinski definition) is 3. The molecule has 0 bridgehead atoms. The van der Waals surface area contributed by atoms with E-state index >= 15 is 0 Å². The number of ether oxygens (including phenoxy) is 1. The molecule has 120 valence electrons. The molecule has 0 spiro atoms. The lowest BCUT2D eigenvalue weighted by Gasteiger charge is -2.21. The van der Waals surface area contributed by atoms with E-state index in [9.17, 15) is 9.59 Å². The van der Waals surface area contributed by atoms with Crippen LogP contribution in [0.4, 0.5) is 5.69 Å². The molecule has 2 amide bonds. The van der Waals surface area contributed by atoms with Crippen molar-refractivity contribution in [1.82, 2.24) is 10.6 Å². The van der Waals surface area contributed by atoms with Gasteiger partial charge in [-0.3, -0.25) is 9.59 Å². The van der Waals surface area contributed by atoms with Crippen molar-refractivity contribution < 1.29 is 14.3 Å². The van der Waals surface area contributed by atoms with Crippen molar-refractivity contribution in [2.45, 2.75) is 17.1 Å². The molecule has 0 saturated carbocycles. The second-order valence-electron chi connectivity index (χ2n) is 4.96. The molecule has 1 aromatic carbocycles. The summed E-state index contributed by atoms with van der Waals surface area (Å²) in [6, 6.07) is 5.38. The number of carbonyl (C=O) groups excluding carboxylic acids is 2. The quantitative estimate of drug-likeness (QED) is 0.655. The van der Waals surface area contributed by atoms with Crippen molar-refractivity contribution in [1.29, 1.82) is 0 Å². The van der Waals surface area contributed by atoms with Crippen molar-refractivity contribution >= 4 is 29.3 Å². The molecular weight excluding hydrogens is 302 g/mol. The Morgan fingerprint density at radius 2 is 2.18 bits per heavy atom. The fraction of sp³-hybridized carbons (Fsp3) is 0.467. The molecule has 1 atom stereocenters. The van der Waals surface area contributed by atoms with Crippen LogP contribution in [0.3, 0.4) is 0 Å². The van der Waals surface area contributed by atoms with E-state index in [0.717, 1.165) is 11.4 Å². The Hall–Kier alpha value is -1.57. The number of thioether (sulfide) groups is 1. The third-order valence-corrected chi connectivity index (χ3v) is 4.42. The summed E-state index contributed by atoms with van der Waals surface area (Å²) in [5.74, 6) is -0.174. The van der Waals surface area contributed by atoms with Crippen LogP contribution in [0.25, 0.3) is 0 Å². The van der Waals surface area contributed by atoms with Gasteiger partial charge in [0.15, 0.2) is 0 Å². The number of rotatable bonds is 7. The minimum Gasteiger partial charge on any atom is -0.383 e. The molecule has 1 unspecified atom stereocenters. The van der Waals surface area contributed by atoms with E-state index in [0.29, 0.717) is 30.9 Å². The Morgan fingerprint density at radius 3 is 2.95 bits per heavy atom. The van der Waals surface area contributed by atoms with E-state index in [1.807, 2.05) is 13.0 Å². The maximum Gasteiger partial charge on any atom is 0.251 e. The van der Waals surface area contributed by atoms with Gasteiger partial charge in [-0.2, -0.15) is 0 Å². The smallest absolute Gasteiger partial charge is 0.251 e. The third kappa shape index (κ3) is 4.46. The van der Waals surface area contributed by atoms with E-state index < -0.39 is 0 Å².